The Morgan fingerprint density at radius 2 is 2.10 bits per heavy atom. The lowest BCUT2D eigenvalue weighted by Crippen LogP contribution is -2.22. The quantitative estimate of drug-likeness (QED) is 0.915. The fourth-order valence-corrected chi connectivity index (χ4v) is 3.34. The van der Waals surface area contributed by atoms with Gasteiger partial charge in [-0.3, -0.25) is 10.1 Å². The molecule has 0 spiro atoms. The maximum absolute atomic E-state index is 12.2. The summed E-state index contributed by atoms with van der Waals surface area (Å²) >= 11 is 1.56. The topological polar surface area (TPSA) is 54.0 Å². The Labute approximate surface area is 128 Å². The Balaban J connectivity index is 1.72. The molecule has 0 aliphatic carbocycles. The minimum atomic E-state index is -0.0932. The average Bonchev–Trinajstić information content (AvgIpc) is 2.89. The smallest absolute Gasteiger partial charge is 0.257 e. The molecule has 2 heterocycles. The fourth-order valence-electron chi connectivity index (χ4n) is 2.37. The predicted octanol–water partition coefficient (Wildman–Crippen LogP) is 3.16. The monoisotopic (exact) mass is 301 g/mol. The van der Waals surface area contributed by atoms with Crippen molar-refractivity contribution in [1.29, 1.82) is 0 Å². The van der Waals surface area contributed by atoms with Crippen LogP contribution >= 0.6 is 11.3 Å². The van der Waals surface area contributed by atoms with Crippen molar-refractivity contribution in [2.75, 3.05) is 11.9 Å². The zero-order valence-electron chi connectivity index (χ0n) is 12.3. The molecular weight excluding hydrogens is 282 g/mol. The predicted molar refractivity (Wildman–Crippen MR) is 86.0 cm³/mol. The van der Waals surface area contributed by atoms with Crippen molar-refractivity contribution in [3.63, 3.8) is 0 Å². The SMILES string of the molecule is CC(C)c1ccc(C(=O)Nc2nc3c(s2)CNCC3)cc1. The lowest BCUT2D eigenvalue weighted by atomic mass is 10.0. The molecule has 110 valence electrons. The lowest BCUT2D eigenvalue weighted by Gasteiger charge is -2.09. The summed E-state index contributed by atoms with van der Waals surface area (Å²) in [6.07, 6.45) is 0.935. The molecule has 1 aliphatic heterocycles. The van der Waals surface area contributed by atoms with E-state index in [1.807, 2.05) is 24.3 Å². The van der Waals surface area contributed by atoms with Crippen LogP contribution in [0, 0.1) is 0 Å². The van der Waals surface area contributed by atoms with Gasteiger partial charge >= 0.3 is 0 Å². The Morgan fingerprint density at radius 1 is 1.33 bits per heavy atom. The molecule has 1 aliphatic rings. The van der Waals surface area contributed by atoms with E-state index in [1.54, 1.807) is 11.3 Å². The summed E-state index contributed by atoms with van der Waals surface area (Å²) in [5.41, 5.74) is 3.03. The van der Waals surface area contributed by atoms with Crippen LogP contribution in [0.5, 0.6) is 0 Å². The van der Waals surface area contributed by atoms with Crippen LogP contribution in [-0.2, 0) is 13.0 Å². The van der Waals surface area contributed by atoms with Gasteiger partial charge in [0.15, 0.2) is 5.13 Å². The maximum Gasteiger partial charge on any atom is 0.257 e. The number of rotatable bonds is 3. The first-order chi connectivity index (χ1) is 10.1. The van der Waals surface area contributed by atoms with Gasteiger partial charge in [-0.15, -0.1) is 11.3 Å². The molecule has 21 heavy (non-hydrogen) atoms. The molecule has 0 atom stereocenters. The molecule has 1 aromatic heterocycles. The van der Waals surface area contributed by atoms with Crippen LogP contribution in [-0.4, -0.2) is 17.4 Å². The maximum atomic E-state index is 12.2. The summed E-state index contributed by atoms with van der Waals surface area (Å²) in [4.78, 5) is 18.0. The molecule has 2 N–H and O–H groups in total. The van der Waals surface area contributed by atoms with Crippen molar-refractivity contribution in [3.8, 4) is 0 Å². The number of fused-ring (bicyclic) bond motifs is 1. The number of anilines is 1. The highest BCUT2D eigenvalue weighted by Gasteiger charge is 2.16. The van der Waals surface area contributed by atoms with Gasteiger partial charge in [-0.1, -0.05) is 26.0 Å². The molecule has 0 saturated carbocycles. The molecule has 4 nitrogen and oxygen atoms in total. The zero-order chi connectivity index (χ0) is 14.8. The second-order valence-electron chi connectivity index (χ2n) is 5.55. The summed E-state index contributed by atoms with van der Waals surface area (Å²) < 4.78 is 0. The first-order valence-electron chi connectivity index (χ1n) is 7.24. The molecule has 0 saturated heterocycles. The number of hydrogen-bond donors (Lipinski definition) is 2. The summed E-state index contributed by atoms with van der Waals surface area (Å²) in [7, 11) is 0. The normalized spacial score (nSPS) is 14.0. The van der Waals surface area contributed by atoms with Gasteiger partial charge in [0.1, 0.15) is 0 Å². The molecule has 0 bridgehead atoms. The van der Waals surface area contributed by atoms with E-state index in [-0.39, 0.29) is 5.91 Å². The van der Waals surface area contributed by atoms with Gasteiger partial charge in [-0.25, -0.2) is 4.98 Å². The molecule has 1 amide bonds. The largest absolute Gasteiger partial charge is 0.311 e. The first-order valence-corrected chi connectivity index (χ1v) is 8.06. The van der Waals surface area contributed by atoms with E-state index in [2.05, 4.69) is 29.5 Å². The third-order valence-corrected chi connectivity index (χ3v) is 4.68. The van der Waals surface area contributed by atoms with E-state index in [0.717, 1.165) is 25.2 Å². The molecule has 0 fully saturated rings. The van der Waals surface area contributed by atoms with Crippen LogP contribution in [0.1, 0.15) is 46.3 Å². The number of hydrogen-bond acceptors (Lipinski definition) is 4. The summed E-state index contributed by atoms with van der Waals surface area (Å²) in [5.74, 6) is 0.379. The van der Waals surface area contributed by atoms with Crippen molar-refractivity contribution in [2.45, 2.75) is 32.7 Å². The van der Waals surface area contributed by atoms with Gasteiger partial charge in [0.05, 0.1) is 5.69 Å². The second kappa shape index (κ2) is 5.95. The number of carbonyl (C=O) groups excluding carboxylic acids is 1. The number of carbonyl (C=O) groups is 1. The standard InChI is InChI=1S/C16H19N3OS/c1-10(2)11-3-5-12(6-4-11)15(20)19-16-18-13-7-8-17-9-14(13)21-16/h3-6,10,17H,7-9H2,1-2H3,(H,18,19,20). The van der Waals surface area contributed by atoms with E-state index >= 15 is 0 Å². The van der Waals surface area contributed by atoms with Crippen molar-refractivity contribution in [2.24, 2.45) is 0 Å². The molecule has 0 radical (unpaired) electrons. The van der Waals surface area contributed by atoms with Crippen LogP contribution in [0.15, 0.2) is 24.3 Å². The zero-order valence-corrected chi connectivity index (χ0v) is 13.1. The van der Waals surface area contributed by atoms with Crippen LogP contribution in [0.4, 0.5) is 5.13 Å². The number of benzene rings is 1. The van der Waals surface area contributed by atoms with Crippen molar-refractivity contribution in [1.82, 2.24) is 10.3 Å². The van der Waals surface area contributed by atoms with Crippen LogP contribution in [0.3, 0.4) is 0 Å². The first kappa shape index (κ1) is 14.2. The van der Waals surface area contributed by atoms with E-state index in [9.17, 15) is 4.79 Å². The number of amides is 1. The number of nitrogens with zero attached hydrogens (tertiary/aromatic N) is 1. The van der Waals surface area contributed by atoms with Crippen molar-refractivity contribution < 1.29 is 4.79 Å². The van der Waals surface area contributed by atoms with Gasteiger partial charge < -0.3 is 5.32 Å². The van der Waals surface area contributed by atoms with Gasteiger partial charge in [0, 0.05) is 30.0 Å². The average molecular weight is 301 g/mol. The highest BCUT2D eigenvalue weighted by molar-refractivity contribution is 7.15. The highest BCUT2D eigenvalue weighted by Crippen LogP contribution is 2.25. The molecule has 5 heteroatoms. The van der Waals surface area contributed by atoms with Crippen molar-refractivity contribution >= 4 is 22.4 Å². The Kier molecular flexibility index (Phi) is 4.03. The number of nitrogens with one attached hydrogen (secondary N) is 2. The van der Waals surface area contributed by atoms with Gasteiger partial charge in [-0.05, 0) is 23.6 Å². The third-order valence-electron chi connectivity index (χ3n) is 3.66. The summed E-state index contributed by atoms with van der Waals surface area (Å²) in [6, 6.07) is 7.77. The third kappa shape index (κ3) is 3.14. The Morgan fingerprint density at radius 3 is 2.76 bits per heavy atom. The van der Waals surface area contributed by atoms with E-state index < -0.39 is 0 Å². The summed E-state index contributed by atoms with van der Waals surface area (Å²) in [6.45, 7) is 6.10. The molecular formula is C16H19N3OS. The molecule has 1 aromatic carbocycles. The molecule has 0 unspecified atom stereocenters. The van der Waals surface area contributed by atoms with E-state index in [4.69, 9.17) is 0 Å². The minimum Gasteiger partial charge on any atom is -0.311 e. The van der Waals surface area contributed by atoms with Gasteiger partial charge in [0.2, 0.25) is 0 Å². The Bertz CT molecular complexity index is 623. The second-order valence-corrected chi connectivity index (χ2v) is 6.63. The summed E-state index contributed by atoms with van der Waals surface area (Å²) in [5, 5.41) is 6.91. The van der Waals surface area contributed by atoms with Gasteiger partial charge in [-0.2, -0.15) is 0 Å². The Hall–Kier alpha value is -1.72. The van der Waals surface area contributed by atoms with Crippen LogP contribution in [0.25, 0.3) is 0 Å². The molecule has 2 aromatic rings. The van der Waals surface area contributed by atoms with E-state index in [0.29, 0.717) is 16.6 Å². The van der Waals surface area contributed by atoms with Crippen LogP contribution in [0.2, 0.25) is 0 Å². The van der Waals surface area contributed by atoms with Gasteiger partial charge in [0.25, 0.3) is 5.91 Å². The highest BCUT2D eigenvalue weighted by atomic mass is 32.1. The number of thiazole rings is 1. The van der Waals surface area contributed by atoms with E-state index in [1.165, 1.54) is 10.4 Å². The fraction of sp³-hybridized carbons (Fsp3) is 0.375. The van der Waals surface area contributed by atoms with Crippen LogP contribution < -0.4 is 10.6 Å². The minimum absolute atomic E-state index is 0.0932. The lowest BCUT2D eigenvalue weighted by molar-refractivity contribution is 0.102. The molecule has 3 rings (SSSR count). The number of aromatic nitrogens is 1. The van der Waals surface area contributed by atoms with Crippen molar-refractivity contribution in [3.05, 3.63) is 46.0 Å².